The summed E-state index contributed by atoms with van der Waals surface area (Å²) in [5.74, 6) is -0.201. The van der Waals surface area contributed by atoms with Gasteiger partial charge in [0.15, 0.2) is 0 Å². The lowest BCUT2D eigenvalue weighted by molar-refractivity contribution is 0.244. The van der Waals surface area contributed by atoms with Crippen LogP contribution in [0, 0.1) is 5.82 Å². The van der Waals surface area contributed by atoms with Crippen molar-refractivity contribution in [3.63, 3.8) is 0 Å². The van der Waals surface area contributed by atoms with Crippen LogP contribution in [0.1, 0.15) is 41.4 Å². The summed E-state index contributed by atoms with van der Waals surface area (Å²) >= 11 is 0. The van der Waals surface area contributed by atoms with Crippen LogP contribution >= 0.6 is 0 Å². The van der Waals surface area contributed by atoms with Gasteiger partial charge in [0.25, 0.3) is 0 Å². The van der Waals surface area contributed by atoms with Crippen LogP contribution in [-0.4, -0.2) is 21.4 Å². The quantitative estimate of drug-likeness (QED) is 0.678. The van der Waals surface area contributed by atoms with Gasteiger partial charge in [0.1, 0.15) is 5.82 Å². The molecule has 26 heavy (non-hydrogen) atoms. The monoisotopic (exact) mass is 347 g/mol. The second-order valence-electron chi connectivity index (χ2n) is 6.84. The van der Waals surface area contributed by atoms with Gasteiger partial charge < -0.3 is 0 Å². The van der Waals surface area contributed by atoms with E-state index >= 15 is 0 Å². The maximum atomic E-state index is 13.1. The number of aromatic nitrogens is 2. The number of pyridine rings is 2. The summed E-state index contributed by atoms with van der Waals surface area (Å²) in [6.45, 7) is 2.02. The fraction of sp³-hybridized carbons (Fsp3) is 0.273. The van der Waals surface area contributed by atoms with Crippen molar-refractivity contribution in [2.24, 2.45) is 0 Å². The zero-order valence-corrected chi connectivity index (χ0v) is 14.7. The Morgan fingerprint density at radius 3 is 2.58 bits per heavy atom. The fourth-order valence-corrected chi connectivity index (χ4v) is 3.67. The minimum absolute atomic E-state index is 0.201. The third kappa shape index (κ3) is 3.97. The molecule has 0 bridgehead atoms. The van der Waals surface area contributed by atoms with E-state index in [1.807, 2.05) is 24.5 Å². The molecule has 3 nitrogen and oxygen atoms in total. The number of hydrogen-bond acceptors (Lipinski definition) is 3. The van der Waals surface area contributed by atoms with Gasteiger partial charge in [0, 0.05) is 31.1 Å². The third-order valence-corrected chi connectivity index (χ3v) is 4.97. The van der Waals surface area contributed by atoms with Gasteiger partial charge in [-0.1, -0.05) is 18.2 Å². The maximum Gasteiger partial charge on any atom is 0.123 e. The molecule has 2 aromatic heterocycles. The molecule has 1 fully saturated rings. The summed E-state index contributed by atoms with van der Waals surface area (Å²) in [5.41, 5.74) is 4.53. The number of halogens is 1. The Morgan fingerprint density at radius 1 is 0.962 bits per heavy atom. The molecule has 4 heteroatoms. The molecule has 0 radical (unpaired) electrons. The van der Waals surface area contributed by atoms with Gasteiger partial charge in [-0.2, -0.15) is 0 Å². The summed E-state index contributed by atoms with van der Waals surface area (Å²) in [5, 5.41) is 0. The first-order chi connectivity index (χ1) is 12.8. The van der Waals surface area contributed by atoms with Gasteiger partial charge in [0.05, 0.1) is 11.7 Å². The van der Waals surface area contributed by atoms with Crippen LogP contribution in [0.5, 0.6) is 0 Å². The Hall–Kier alpha value is -2.59. The highest BCUT2D eigenvalue weighted by Crippen LogP contribution is 2.32. The Bertz CT molecular complexity index is 849. The van der Waals surface area contributed by atoms with Gasteiger partial charge in [0.2, 0.25) is 0 Å². The molecule has 1 aromatic carbocycles. The Balaban J connectivity index is 1.50. The fourth-order valence-electron chi connectivity index (χ4n) is 3.67. The molecule has 3 heterocycles. The van der Waals surface area contributed by atoms with Gasteiger partial charge in [-0.3, -0.25) is 14.9 Å². The zero-order valence-electron chi connectivity index (χ0n) is 14.7. The van der Waals surface area contributed by atoms with E-state index < -0.39 is 0 Å². The van der Waals surface area contributed by atoms with E-state index in [9.17, 15) is 4.39 Å². The van der Waals surface area contributed by atoms with Crippen LogP contribution < -0.4 is 0 Å². The van der Waals surface area contributed by atoms with Crippen LogP contribution in [0.25, 0.3) is 0 Å². The minimum Gasteiger partial charge on any atom is -0.291 e. The zero-order chi connectivity index (χ0) is 17.8. The third-order valence-electron chi connectivity index (χ3n) is 4.97. The molecule has 0 saturated carbocycles. The number of rotatable bonds is 5. The van der Waals surface area contributed by atoms with Crippen molar-refractivity contribution in [1.29, 1.82) is 0 Å². The van der Waals surface area contributed by atoms with E-state index in [1.54, 1.807) is 0 Å². The maximum absolute atomic E-state index is 13.1. The molecule has 3 aromatic rings. The van der Waals surface area contributed by atoms with Crippen LogP contribution in [0.15, 0.2) is 67.0 Å². The number of benzene rings is 1. The molecule has 0 spiro atoms. The van der Waals surface area contributed by atoms with Crippen molar-refractivity contribution in [3.8, 4) is 0 Å². The topological polar surface area (TPSA) is 29.0 Å². The molecular weight excluding hydrogens is 325 g/mol. The first kappa shape index (κ1) is 16.9. The minimum atomic E-state index is -0.201. The first-order valence-electron chi connectivity index (χ1n) is 9.11. The van der Waals surface area contributed by atoms with Gasteiger partial charge in [-0.15, -0.1) is 0 Å². The molecule has 1 saturated heterocycles. The van der Waals surface area contributed by atoms with Gasteiger partial charge >= 0.3 is 0 Å². The summed E-state index contributed by atoms with van der Waals surface area (Å²) in [7, 11) is 0. The second-order valence-corrected chi connectivity index (χ2v) is 6.84. The SMILES string of the molecule is Fc1ccc(Cc2cccc(C3CCCN3Cc3ccncc3)n2)cc1. The van der Waals surface area contributed by atoms with Crippen LogP contribution in [-0.2, 0) is 13.0 Å². The first-order valence-corrected chi connectivity index (χ1v) is 9.11. The van der Waals surface area contributed by atoms with Crippen molar-refractivity contribution in [2.75, 3.05) is 6.54 Å². The molecule has 0 N–H and O–H groups in total. The Kier molecular flexibility index (Phi) is 5.02. The molecule has 1 aliphatic rings. The largest absolute Gasteiger partial charge is 0.291 e. The van der Waals surface area contributed by atoms with Crippen LogP contribution in [0.2, 0.25) is 0 Å². The second kappa shape index (κ2) is 7.75. The van der Waals surface area contributed by atoms with Gasteiger partial charge in [-0.25, -0.2) is 4.39 Å². The van der Waals surface area contributed by atoms with Crippen molar-refractivity contribution < 1.29 is 4.39 Å². The molecule has 132 valence electrons. The number of hydrogen-bond donors (Lipinski definition) is 0. The highest BCUT2D eigenvalue weighted by molar-refractivity contribution is 5.24. The van der Waals surface area contributed by atoms with Crippen LogP contribution in [0.3, 0.4) is 0 Å². The van der Waals surface area contributed by atoms with E-state index in [4.69, 9.17) is 4.98 Å². The van der Waals surface area contributed by atoms with Crippen molar-refractivity contribution in [1.82, 2.24) is 14.9 Å². The average molecular weight is 347 g/mol. The standard InChI is InChI=1S/C22H22FN3/c23-19-8-6-17(7-9-19)15-20-3-1-4-21(25-20)22-5-2-14-26(22)16-18-10-12-24-13-11-18/h1,3-4,6-13,22H,2,5,14-16H2. The van der Waals surface area contributed by atoms with Crippen molar-refractivity contribution in [2.45, 2.75) is 31.8 Å². The number of nitrogens with zero attached hydrogens (tertiary/aromatic N) is 3. The highest BCUT2D eigenvalue weighted by Gasteiger charge is 2.27. The summed E-state index contributed by atoms with van der Waals surface area (Å²) in [4.78, 5) is 11.5. The van der Waals surface area contributed by atoms with E-state index in [0.717, 1.165) is 42.9 Å². The van der Waals surface area contributed by atoms with E-state index in [2.05, 4.69) is 40.2 Å². The predicted molar refractivity (Wildman–Crippen MR) is 100 cm³/mol. The smallest absolute Gasteiger partial charge is 0.123 e. The Morgan fingerprint density at radius 2 is 1.77 bits per heavy atom. The highest BCUT2D eigenvalue weighted by atomic mass is 19.1. The average Bonchev–Trinajstić information content (AvgIpc) is 3.13. The summed E-state index contributed by atoms with van der Waals surface area (Å²) < 4.78 is 13.1. The molecule has 4 rings (SSSR count). The summed E-state index contributed by atoms with van der Waals surface area (Å²) in [6.07, 6.45) is 6.76. The van der Waals surface area contributed by atoms with Crippen LogP contribution in [0.4, 0.5) is 4.39 Å². The van der Waals surface area contributed by atoms with Crippen molar-refractivity contribution in [3.05, 3.63) is 95.3 Å². The van der Waals surface area contributed by atoms with Crippen molar-refractivity contribution >= 4 is 0 Å². The molecule has 1 aliphatic heterocycles. The molecule has 0 aliphatic carbocycles. The normalized spacial score (nSPS) is 17.5. The molecule has 1 unspecified atom stereocenters. The lowest BCUT2D eigenvalue weighted by atomic mass is 10.1. The molecule has 0 amide bonds. The lowest BCUT2D eigenvalue weighted by Crippen LogP contribution is -2.23. The number of likely N-dealkylation sites (tertiary alicyclic amines) is 1. The summed E-state index contributed by atoms with van der Waals surface area (Å²) in [6, 6.07) is 17.4. The lowest BCUT2D eigenvalue weighted by Gasteiger charge is -2.24. The Labute approximate surface area is 153 Å². The van der Waals surface area contributed by atoms with E-state index in [1.165, 1.54) is 24.1 Å². The molecular formula is C22H22FN3. The predicted octanol–water partition coefficient (Wildman–Crippen LogP) is 4.54. The van der Waals surface area contributed by atoms with E-state index in [-0.39, 0.29) is 5.82 Å². The van der Waals surface area contributed by atoms with E-state index in [0.29, 0.717) is 6.04 Å². The molecule has 1 atom stereocenters. The van der Waals surface area contributed by atoms with Gasteiger partial charge in [-0.05, 0) is 66.9 Å².